The molecule has 6 aromatic rings. The Morgan fingerprint density at radius 1 is 1.16 bits per heavy atom. The second kappa shape index (κ2) is 8.73. The van der Waals surface area contributed by atoms with Crippen LogP contribution in [0.5, 0.6) is 0 Å². The van der Waals surface area contributed by atoms with Gasteiger partial charge in [0.2, 0.25) is 17.3 Å². The predicted octanol–water partition coefficient (Wildman–Crippen LogP) is 1.77. The van der Waals surface area contributed by atoms with E-state index in [9.17, 15) is 10.1 Å². The number of tetrazole rings is 1. The Kier molecular flexibility index (Phi) is 5.24. The fourth-order valence-electron chi connectivity index (χ4n) is 4.01. The van der Waals surface area contributed by atoms with Crippen LogP contribution in [0.25, 0.3) is 39.5 Å². The molecule has 6 rings (SSSR count). The summed E-state index contributed by atoms with van der Waals surface area (Å²) in [4.78, 5) is 25.8. The van der Waals surface area contributed by atoms with Gasteiger partial charge in [0.15, 0.2) is 11.5 Å². The van der Waals surface area contributed by atoms with E-state index in [2.05, 4.69) is 36.7 Å². The third kappa shape index (κ3) is 3.79. The van der Waals surface area contributed by atoms with E-state index < -0.39 is 0 Å². The van der Waals surface area contributed by atoms with E-state index in [0.29, 0.717) is 50.9 Å². The number of benzene rings is 1. The van der Waals surface area contributed by atoms with Crippen molar-refractivity contribution in [2.75, 3.05) is 5.73 Å². The number of nitrogen functional groups attached to an aromatic ring is 1. The molecule has 0 spiro atoms. The number of hydrogen-bond acceptors (Lipinski definition) is 11. The lowest BCUT2D eigenvalue weighted by molar-refractivity contribution is 0.627. The van der Waals surface area contributed by atoms with Gasteiger partial charge in [0, 0.05) is 35.8 Å². The highest BCUT2D eigenvalue weighted by Crippen LogP contribution is 2.35. The molecule has 5 heterocycles. The largest absolute Gasteiger partial charge is 0.368 e. The first-order chi connectivity index (χ1) is 18.0. The number of fused-ring (bicyclic) bond motifs is 1. The van der Waals surface area contributed by atoms with Crippen molar-refractivity contribution in [2.24, 2.45) is 7.05 Å². The molecule has 0 saturated heterocycles. The lowest BCUT2D eigenvalue weighted by Gasteiger charge is -2.13. The Hall–Kier alpha value is -5.29. The number of aromatic nitrogens is 10. The monoisotopic (exact) mass is 508 g/mol. The van der Waals surface area contributed by atoms with Crippen LogP contribution in [0.2, 0.25) is 0 Å². The van der Waals surface area contributed by atoms with Crippen LogP contribution in [0, 0.1) is 11.3 Å². The molecule has 0 aliphatic rings. The van der Waals surface area contributed by atoms with Crippen LogP contribution in [0.3, 0.4) is 0 Å². The summed E-state index contributed by atoms with van der Waals surface area (Å²) in [7, 11) is 1.66. The van der Waals surface area contributed by atoms with Gasteiger partial charge in [-0.3, -0.25) is 4.79 Å². The van der Waals surface area contributed by atoms with Gasteiger partial charge < -0.3 is 10.3 Å². The molecule has 0 radical (unpaired) electrons. The van der Waals surface area contributed by atoms with Gasteiger partial charge in [0.25, 0.3) is 0 Å². The van der Waals surface area contributed by atoms with E-state index in [1.54, 1.807) is 47.7 Å². The Labute approximate surface area is 212 Å². The lowest BCUT2D eigenvalue weighted by Crippen LogP contribution is -2.14. The van der Waals surface area contributed by atoms with Gasteiger partial charge in [-0.25, -0.2) is 19.6 Å². The van der Waals surface area contributed by atoms with E-state index in [4.69, 9.17) is 10.7 Å². The van der Waals surface area contributed by atoms with Crippen LogP contribution in [-0.4, -0.2) is 49.3 Å². The molecule has 0 saturated carbocycles. The lowest BCUT2D eigenvalue weighted by atomic mass is 9.98. The second-order valence-corrected chi connectivity index (χ2v) is 8.73. The molecule has 0 bridgehead atoms. The first-order valence-corrected chi connectivity index (χ1v) is 11.8. The summed E-state index contributed by atoms with van der Waals surface area (Å²) in [5.74, 6) is 0.948. The zero-order chi connectivity index (χ0) is 25.5. The summed E-state index contributed by atoms with van der Waals surface area (Å²) in [6.45, 7) is 0.151. The Morgan fingerprint density at radius 2 is 2.03 bits per heavy atom. The summed E-state index contributed by atoms with van der Waals surface area (Å²) in [5, 5.41) is 28.0. The van der Waals surface area contributed by atoms with Crippen LogP contribution in [0.1, 0.15) is 11.4 Å². The number of rotatable bonds is 5. The van der Waals surface area contributed by atoms with E-state index in [-0.39, 0.29) is 18.1 Å². The molecule has 13 nitrogen and oxygen atoms in total. The number of nitrogens with zero attached hydrogens (tertiary/aromatic N) is 11. The van der Waals surface area contributed by atoms with Gasteiger partial charge in [-0.1, -0.05) is 18.2 Å². The Morgan fingerprint density at radius 3 is 2.81 bits per heavy atom. The quantitative estimate of drug-likeness (QED) is 0.362. The van der Waals surface area contributed by atoms with Crippen LogP contribution < -0.4 is 11.3 Å². The standard InChI is InChI=1S/C23H16N12OS/c1-33-9-14(6-7-18(33)36)19-20(15-5-3-2-4-13(15)8-24)28-23(25)35-22(19)27-17(30-35)10-34-21(29-31-32-34)16-11-37-12-26-16/h2-7,9,11-12H,10H2,1H3,(H2,25,28). The summed E-state index contributed by atoms with van der Waals surface area (Å²) in [6, 6.07) is 12.4. The van der Waals surface area contributed by atoms with Gasteiger partial charge in [-0.15, -0.1) is 21.5 Å². The van der Waals surface area contributed by atoms with Crippen LogP contribution >= 0.6 is 11.3 Å². The molecule has 37 heavy (non-hydrogen) atoms. The highest BCUT2D eigenvalue weighted by atomic mass is 32.1. The van der Waals surface area contributed by atoms with Crippen molar-refractivity contribution in [1.29, 1.82) is 5.26 Å². The third-order valence-electron chi connectivity index (χ3n) is 5.72. The first kappa shape index (κ1) is 22.2. The van der Waals surface area contributed by atoms with Gasteiger partial charge in [0.1, 0.15) is 12.2 Å². The van der Waals surface area contributed by atoms with Gasteiger partial charge in [0.05, 0.1) is 28.4 Å². The maximum Gasteiger partial charge on any atom is 0.250 e. The summed E-state index contributed by atoms with van der Waals surface area (Å²) in [6.07, 6.45) is 1.68. The van der Waals surface area contributed by atoms with Crippen LogP contribution in [-0.2, 0) is 13.6 Å². The molecular weight excluding hydrogens is 492 g/mol. The molecule has 180 valence electrons. The maximum absolute atomic E-state index is 12.1. The summed E-state index contributed by atoms with van der Waals surface area (Å²) >= 11 is 1.44. The molecule has 1 aromatic carbocycles. The van der Waals surface area contributed by atoms with Crippen molar-refractivity contribution in [3.63, 3.8) is 0 Å². The van der Waals surface area contributed by atoms with Crippen LogP contribution in [0.4, 0.5) is 5.95 Å². The molecule has 0 fully saturated rings. The number of anilines is 1. The molecular formula is C23H16N12OS. The molecule has 0 aliphatic carbocycles. The van der Waals surface area contributed by atoms with E-state index in [1.807, 2.05) is 11.4 Å². The molecule has 2 N–H and O–H groups in total. The average Bonchev–Trinajstić information content (AvgIpc) is 3.67. The minimum Gasteiger partial charge on any atom is -0.368 e. The van der Waals surface area contributed by atoms with Crippen LogP contribution in [0.15, 0.2) is 58.3 Å². The van der Waals surface area contributed by atoms with Gasteiger partial charge in [-0.05, 0) is 22.6 Å². The fourth-order valence-corrected chi connectivity index (χ4v) is 4.54. The highest BCUT2D eigenvalue weighted by molar-refractivity contribution is 7.07. The molecule has 5 aromatic heterocycles. The SMILES string of the molecule is Cn1cc(-c2c(-c3ccccc3C#N)nc(N)n3nc(Cn4nnnc4-c4cscn4)nc23)ccc1=O. The number of pyridine rings is 1. The van der Waals surface area contributed by atoms with E-state index >= 15 is 0 Å². The fraction of sp³-hybridized carbons (Fsp3) is 0.0870. The zero-order valence-electron chi connectivity index (χ0n) is 19.2. The van der Waals surface area contributed by atoms with Gasteiger partial charge >= 0.3 is 0 Å². The van der Waals surface area contributed by atoms with Gasteiger partial charge in [-0.2, -0.15) is 9.78 Å². The van der Waals surface area contributed by atoms with Crippen molar-refractivity contribution in [1.82, 2.24) is 49.3 Å². The average molecular weight is 509 g/mol. The maximum atomic E-state index is 12.1. The highest BCUT2D eigenvalue weighted by Gasteiger charge is 2.23. The normalized spacial score (nSPS) is 11.1. The Bertz CT molecular complexity index is 1880. The smallest absolute Gasteiger partial charge is 0.250 e. The molecule has 0 aliphatic heterocycles. The molecule has 0 amide bonds. The summed E-state index contributed by atoms with van der Waals surface area (Å²) in [5.41, 5.74) is 11.6. The van der Waals surface area contributed by atoms with Crippen molar-refractivity contribution >= 4 is 22.9 Å². The number of nitriles is 1. The number of hydrogen-bond donors (Lipinski definition) is 1. The Balaban J connectivity index is 1.58. The zero-order valence-corrected chi connectivity index (χ0v) is 20.0. The first-order valence-electron chi connectivity index (χ1n) is 10.9. The van der Waals surface area contributed by atoms with Crippen molar-refractivity contribution in [3.8, 4) is 40.0 Å². The minimum atomic E-state index is -0.169. The predicted molar refractivity (Wildman–Crippen MR) is 134 cm³/mol. The van der Waals surface area contributed by atoms with Crippen molar-refractivity contribution < 1.29 is 0 Å². The topological polar surface area (TPSA) is 171 Å². The van der Waals surface area contributed by atoms with Crippen molar-refractivity contribution in [2.45, 2.75) is 6.54 Å². The molecule has 0 atom stereocenters. The van der Waals surface area contributed by atoms with E-state index in [1.165, 1.54) is 26.5 Å². The molecule has 14 heteroatoms. The minimum absolute atomic E-state index is 0.0847. The second-order valence-electron chi connectivity index (χ2n) is 8.02. The number of nitrogens with two attached hydrogens (primary N) is 1. The summed E-state index contributed by atoms with van der Waals surface area (Å²) < 4.78 is 4.44. The number of thiazole rings is 1. The van der Waals surface area contributed by atoms with Crippen molar-refractivity contribution in [3.05, 3.63) is 75.2 Å². The number of aryl methyl sites for hydroxylation is 1. The molecule has 0 unspecified atom stereocenters. The van der Waals surface area contributed by atoms with E-state index in [0.717, 1.165) is 0 Å². The third-order valence-corrected chi connectivity index (χ3v) is 6.30.